The van der Waals surface area contributed by atoms with Gasteiger partial charge in [0, 0.05) is 39.1 Å². The molecule has 0 aliphatic carbocycles. The third-order valence-corrected chi connectivity index (χ3v) is 7.11. The highest BCUT2D eigenvalue weighted by molar-refractivity contribution is 7.88. The first-order valence-electron chi connectivity index (χ1n) is 9.47. The van der Waals surface area contributed by atoms with Gasteiger partial charge >= 0.3 is 0 Å². The van der Waals surface area contributed by atoms with Crippen LogP contribution in [0, 0.1) is 6.92 Å². The summed E-state index contributed by atoms with van der Waals surface area (Å²) in [6.45, 7) is 6.74. The Balaban J connectivity index is 1.48. The van der Waals surface area contributed by atoms with Crippen molar-refractivity contribution in [2.24, 2.45) is 0 Å². The number of piperazine rings is 1. The number of benzene rings is 1. The van der Waals surface area contributed by atoms with E-state index in [1.54, 1.807) is 0 Å². The fourth-order valence-electron chi connectivity index (χ4n) is 3.74. The second-order valence-electron chi connectivity index (χ2n) is 7.32. The van der Waals surface area contributed by atoms with E-state index in [4.69, 9.17) is 0 Å². The van der Waals surface area contributed by atoms with Crippen LogP contribution in [0.4, 0.5) is 0 Å². The van der Waals surface area contributed by atoms with Crippen LogP contribution >= 0.6 is 0 Å². The van der Waals surface area contributed by atoms with Gasteiger partial charge < -0.3 is 9.80 Å². The molecule has 0 atom stereocenters. The fraction of sp³-hybridized carbons (Fsp3) is 0.632. The number of rotatable bonds is 6. The molecule has 0 saturated carbocycles. The highest BCUT2D eigenvalue weighted by atomic mass is 32.2. The maximum atomic E-state index is 12.7. The topological polar surface area (TPSA) is 60.9 Å². The minimum Gasteiger partial charge on any atom is -0.340 e. The van der Waals surface area contributed by atoms with Crippen LogP contribution in [-0.4, -0.2) is 74.2 Å². The molecule has 2 fully saturated rings. The zero-order valence-corrected chi connectivity index (χ0v) is 16.4. The molecule has 0 unspecified atom stereocenters. The third kappa shape index (κ3) is 5.05. The Kier molecular flexibility index (Phi) is 6.32. The van der Waals surface area contributed by atoms with E-state index in [2.05, 4.69) is 4.90 Å². The molecular weight excluding hydrogens is 350 g/mol. The van der Waals surface area contributed by atoms with Gasteiger partial charge in [0.2, 0.25) is 15.9 Å². The van der Waals surface area contributed by atoms with Gasteiger partial charge in [-0.1, -0.05) is 29.8 Å². The quantitative estimate of drug-likeness (QED) is 0.751. The van der Waals surface area contributed by atoms with E-state index < -0.39 is 10.0 Å². The first kappa shape index (κ1) is 19.3. The molecule has 2 aliphatic rings. The van der Waals surface area contributed by atoms with Gasteiger partial charge in [0.05, 0.1) is 5.75 Å². The Morgan fingerprint density at radius 2 is 1.73 bits per heavy atom. The van der Waals surface area contributed by atoms with Crippen molar-refractivity contribution in [3.05, 3.63) is 35.4 Å². The van der Waals surface area contributed by atoms with Crippen LogP contribution in [0.1, 0.15) is 30.4 Å². The van der Waals surface area contributed by atoms with Gasteiger partial charge in [0.25, 0.3) is 0 Å². The summed E-state index contributed by atoms with van der Waals surface area (Å²) in [4.78, 5) is 16.5. The smallest absolute Gasteiger partial charge is 0.223 e. The van der Waals surface area contributed by atoms with E-state index in [1.165, 1.54) is 17.1 Å². The summed E-state index contributed by atoms with van der Waals surface area (Å²) in [6, 6.07) is 7.61. The van der Waals surface area contributed by atoms with E-state index in [0.29, 0.717) is 32.6 Å². The van der Waals surface area contributed by atoms with E-state index in [0.717, 1.165) is 30.8 Å². The molecule has 26 heavy (non-hydrogen) atoms. The molecule has 0 radical (unpaired) electrons. The molecule has 1 aromatic rings. The Hall–Kier alpha value is -1.44. The first-order chi connectivity index (χ1) is 12.4. The van der Waals surface area contributed by atoms with Gasteiger partial charge in [-0.2, -0.15) is 4.31 Å². The average Bonchev–Trinajstić information content (AvgIpc) is 3.13. The molecule has 3 rings (SSSR count). The third-order valence-electron chi connectivity index (χ3n) is 5.26. The van der Waals surface area contributed by atoms with Crippen LogP contribution in [0.15, 0.2) is 24.3 Å². The van der Waals surface area contributed by atoms with Crippen molar-refractivity contribution in [3.63, 3.8) is 0 Å². The van der Waals surface area contributed by atoms with Crippen molar-refractivity contribution in [2.45, 2.75) is 31.9 Å². The lowest BCUT2D eigenvalue weighted by molar-refractivity contribution is -0.132. The summed E-state index contributed by atoms with van der Waals surface area (Å²) in [5.41, 5.74) is 1.88. The van der Waals surface area contributed by atoms with Crippen molar-refractivity contribution in [3.8, 4) is 0 Å². The lowest BCUT2D eigenvalue weighted by Crippen LogP contribution is -2.51. The predicted octanol–water partition coefficient (Wildman–Crippen LogP) is 1.45. The van der Waals surface area contributed by atoms with Gasteiger partial charge in [-0.15, -0.1) is 0 Å². The number of sulfonamides is 1. The molecule has 0 aromatic heterocycles. The number of amides is 1. The van der Waals surface area contributed by atoms with Crippen molar-refractivity contribution >= 4 is 15.9 Å². The fourth-order valence-corrected chi connectivity index (χ4v) is 5.24. The Morgan fingerprint density at radius 3 is 2.38 bits per heavy atom. The summed E-state index contributed by atoms with van der Waals surface area (Å²) in [5, 5.41) is 0. The Labute approximate surface area is 156 Å². The van der Waals surface area contributed by atoms with Crippen LogP contribution in [0.25, 0.3) is 0 Å². The Bertz CT molecular complexity index is 721. The van der Waals surface area contributed by atoms with Gasteiger partial charge in [-0.05, 0) is 38.4 Å². The number of hydrogen-bond acceptors (Lipinski definition) is 4. The largest absolute Gasteiger partial charge is 0.340 e. The molecule has 0 spiro atoms. The molecule has 0 N–H and O–H groups in total. The second-order valence-corrected chi connectivity index (χ2v) is 9.29. The number of likely N-dealkylation sites (tertiary alicyclic amines) is 1. The zero-order valence-electron chi connectivity index (χ0n) is 15.6. The maximum Gasteiger partial charge on any atom is 0.223 e. The van der Waals surface area contributed by atoms with Crippen LogP contribution in [0.2, 0.25) is 0 Å². The zero-order chi connectivity index (χ0) is 18.6. The molecular formula is C19H29N3O3S. The molecule has 1 aromatic carbocycles. The van der Waals surface area contributed by atoms with E-state index in [9.17, 15) is 13.2 Å². The summed E-state index contributed by atoms with van der Waals surface area (Å²) in [6.07, 6.45) is 2.99. The molecule has 2 saturated heterocycles. The van der Waals surface area contributed by atoms with E-state index in [-0.39, 0.29) is 11.7 Å². The Morgan fingerprint density at radius 1 is 1.04 bits per heavy atom. The lowest BCUT2D eigenvalue weighted by atomic mass is 10.2. The number of carbonyl (C=O) groups excluding carboxylic acids is 1. The summed E-state index contributed by atoms with van der Waals surface area (Å²) >= 11 is 0. The molecule has 7 heteroatoms. The summed E-state index contributed by atoms with van der Waals surface area (Å²) in [7, 11) is -3.34. The minimum atomic E-state index is -3.34. The molecule has 2 heterocycles. The van der Waals surface area contributed by atoms with Crippen LogP contribution in [0.3, 0.4) is 0 Å². The molecule has 144 valence electrons. The number of nitrogens with zero attached hydrogens (tertiary/aromatic N) is 3. The maximum absolute atomic E-state index is 12.7. The number of aryl methyl sites for hydroxylation is 1. The highest BCUT2D eigenvalue weighted by Gasteiger charge is 2.29. The summed E-state index contributed by atoms with van der Waals surface area (Å²) in [5.74, 6) is 0.171. The monoisotopic (exact) mass is 379 g/mol. The molecule has 6 nitrogen and oxygen atoms in total. The van der Waals surface area contributed by atoms with E-state index >= 15 is 0 Å². The van der Waals surface area contributed by atoms with Crippen molar-refractivity contribution in [1.82, 2.24) is 14.1 Å². The van der Waals surface area contributed by atoms with Crippen LogP contribution in [-0.2, 0) is 20.6 Å². The predicted molar refractivity (Wildman–Crippen MR) is 102 cm³/mol. The number of carbonyl (C=O) groups is 1. The van der Waals surface area contributed by atoms with Gasteiger partial charge in [0.15, 0.2) is 0 Å². The van der Waals surface area contributed by atoms with Crippen LogP contribution < -0.4 is 0 Å². The highest BCUT2D eigenvalue weighted by Crippen LogP contribution is 2.15. The van der Waals surface area contributed by atoms with Crippen molar-refractivity contribution in [1.29, 1.82) is 0 Å². The van der Waals surface area contributed by atoms with Gasteiger partial charge in [-0.3, -0.25) is 4.79 Å². The van der Waals surface area contributed by atoms with E-state index in [1.807, 2.05) is 36.1 Å². The van der Waals surface area contributed by atoms with Gasteiger partial charge in [-0.25, -0.2) is 8.42 Å². The average molecular weight is 380 g/mol. The van der Waals surface area contributed by atoms with Crippen molar-refractivity contribution in [2.75, 3.05) is 45.8 Å². The standard InChI is InChI=1S/C19H29N3O3S/c1-17-5-4-6-18(15-17)16-26(24,25)22-13-11-21(12-14-22)19(23)7-10-20-8-2-3-9-20/h4-6,15H,2-3,7-14,16H2,1H3. The molecule has 2 aliphatic heterocycles. The first-order valence-corrected chi connectivity index (χ1v) is 11.1. The lowest BCUT2D eigenvalue weighted by Gasteiger charge is -2.34. The van der Waals surface area contributed by atoms with Gasteiger partial charge in [0.1, 0.15) is 0 Å². The van der Waals surface area contributed by atoms with Crippen LogP contribution in [0.5, 0.6) is 0 Å². The minimum absolute atomic E-state index is 0.0254. The normalized spacial score (nSPS) is 19.8. The SMILES string of the molecule is Cc1cccc(CS(=O)(=O)N2CCN(C(=O)CCN3CCCC3)CC2)c1. The molecule has 0 bridgehead atoms. The second kappa shape index (κ2) is 8.50. The number of hydrogen-bond donors (Lipinski definition) is 0. The van der Waals surface area contributed by atoms with Crippen molar-refractivity contribution < 1.29 is 13.2 Å². The summed E-state index contributed by atoms with van der Waals surface area (Å²) < 4.78 is 26.8. The molecule has 1 amide bonds.